The van der Waals surface area contributed by atoms with Crippen LogP contribution in [0.4, 0.5) is 5.69 Å². The van der Waals surface area contributed by atoms with Crippen LogP contribution < -0.4 is 10.5 Å². The molecule has 1 aromatic heterocycles. The first-order chi connectivity index (χ1) is 8.28. The fraction of sp³-hybridized carbons (Fsp3) is 0.100. The second-order valence-corrected chi connectivity index (χ2v) is 4.10. The molecule has 88 valence electrons. The van der Waals surface area contributed by atoms with Crippen LogP contribution >= 0.6 is 22.9 Å². The van der Waals surface area contributed by atoms with Crippen molar-refractivity contribution in [2.45, 2.75) is 0 Å². The number of aromatic nitrogens is 2. The van der Waals surface area contributed by atoms with Gasteiger partial charge < -0.3 is 10.5 Å². The molecule has 5 nitrogen and oxygen atoms in total. The molecular formula is C10H9ClN4OS. The first kappa shape index (κ1) is 11.8. The number of amidine groups is 1. The highest BCUT2D eigenvalue weighted by Gasteiger charge is 2.01. The molecule has 0 aliphatic rings. The van der Waals surface area contributed by atoms with E-state index in [1.165, 1.54) is 11.3 Å². The molecule has 7 heteroatoms. The molecule has 0 unspecified atom stereocenters. The number of hydrogen-bond acceptors (Lipinski definition) is 5. The Morgan fingerprint density at radius 3 is 3.12 bits per heavy atom. The minimum absolute atomic E-state index is 0.196. The first-order valence-corrected chi connectivity index (χ1v) is 6.12. The van der Waals surface area contributed by atoms with E-state index in [1.54, 1.807) is 17.6 Å². The molecule has 0 radical (unpaired) electrons. The van der Waals surface area contributed by atoms with Gasteiger partial charge in [-0.1, -0.05) is 22.5 Å². The fourth-order valence-corrected chi connectivity index (χ4v) is 1.60. The third-order valence-corrected chi connectivity index (χ3v) is 2.61. The van der Waals surface area contributed by atoms with Gasteiger partial charge in [0.15, 0.2) is 0 Å². The molecule has 17 heavy (non-hydrogen) atoms. The Balaban J connectivity index is 2.17. The Morgan fingerprint density at radius 2 is 2.41 bits per heavy atom. The van der Waals surface area contributed by atoms with E-state index < -0.39 is 0 Å². The fourth-order valence-electron chi connectivity index (χ4n) is 1.12. The number of halogens is 1. The zero-order valence-electron chi connectivity index (χ0n) is 8.71. The third-order valence-electron chi connectivity index (χ3n) is 1.77. The second-order valence-electron chi connectivity index (χ2n) is 3.04. The van der Waals surface area contributed by atoms with Crippen LogP contribution in [0.2, 0.25) is 0 Å². The maximum atomic E-state index is 5.55. The van der Waals surface area contributed by atoms with Gasteiger partial charge in [-0.2, -0.15) is 0 Å². The molecular weight excluding hydrogens is 260 g/mol. The lowest BCUT2D eigenvalue weighted by atomic mass is 10.3. The van der Waals surface area contributed by atoms with Gasteiger partial charge in [-0.05, 0) is 12.1 Å². The summed E-state index contributed by atoms with van der Waals surface area (Å²) in [5, 5.41) is 7.95. The number of rotatable bonds is 4. The summed E-state index contributed by atoms with van der Waals surface area (Å²) in [5.74, 6) is 1.19. The predicted octanol–water partition coefficient (Wildman–Crippen LogP) is 2.56. The summed E-state index contributed by atoms with van der Waals surface area (Å²) in [7, 11) is 0. The summed E-state index contributed by atoms with van der Waals surface area (Å²) in [4.78, 5) is 4.12. The van der Waals surface area contributed by atoms with E-state index in [4.69, 9.17) is 22.1 Å². The Morgan fingerprint density at radius 1 is 1.53 bits per heavy atom. The van der Waals surface area contributed by atoms with Crippen LogP contribution in [0, 0.1) is 0 Å². The monoisotopic (exact) mass is 268 g/mol. The van der Waals surface area contributed by atoms with Crippen LogP contribution in [0.5, 0.6) is 10.9 Å². The molecule has 0 saturated heterocycles. The van der Waals surface area contributed by atoms with Crippen molar-refractivity contribution in [3.63, 3.8) is 0 Å². The van der Waals surface area contributed by atoms with E-state index in [0.717, 1.165) is 0 Å². The van der Waals surface area contributed by atoms with Gasteiger partial charge in [0.1, 0.15) is 17.1 Å². The third kappa shape index (κ3) is 3.40. The summed E-state index contributed by atoms with van der Waals surface area (Å²) < 4.78 is 5.48. The van der Waals surface area contributed by atoms with Crippen molar-refractivity contribution in [3.05, 3.63) is 29.8 Å². The molecule has 2 aromatic rings. The van der Waals surface area contributed by atoms with Gasteiger partial charge in [0.2, 0.25) is 0 Å². The number of alkyl halides is 1. The lowest BCUT2D eigenvalue weighted by molar-refractivity contribution is 0.473. The largest absolute Gasteiger partial charge is 0.430 e. The molecule has 0 amide bonds. The summed E-state index contributed by atoms with van der Waals surface area (Å²) in [5.41, 5.74) is 7.83. The normalized spacial score (nSPS) is 11.5. The number of hydrogen-bond donors (Lipinski definition) is 1. The predicted molar refractivity (Wildman–Crippen MR) is 68.4 cm³/mol. The average Bonchev–Trinajstić information content (AvgIpc) is 2.82. The molecule has 0 aliphatic carbocycles. The molecule has 0 aliphatic heterocycles. The summed E-state index contributed by atoms with van der Waals surface area (Å²) in [6.07, 6.45) is 0. The van der Waals surface area contributed by atoms with Crippen molar-refractivity contribution in [2.24, 2.45) is 10.7 Å². The van der Waals surface area contributed by atoms with E-state index in [9.17, 15) is 0 Å². The van der Waals surface area contributed by atoms with E-state index in [2.05, 4.69) is 15.2 Å². The second kappa shape index (κ2) is 5.60. The highest BCUT2D eigenvalue weighted by Crippen LogP contribution is 2.25. The molecule has 0 saturated carbocycles. The molecule has 1 heterocycles. The number of ether oxygens (including phenoxy) is 1. The van der Waals surface area contributed by atoms with Gasteiger partial charge in [-0.15, -0.1) is 16.7 Å². The van der Waals surface area contributed by atoms with Crippen molar-refractivity contribution in [3.8, 4) is 10.9 Å². The lowest BCUT2D eigenvalue weighted by Crippen LogP contribution is -2.12. The van der Waals surface area contributed by atoms with Crippen LogP contribution in [-0.4, -0.2) is 21.9 Å². The van der Waals surface area contributed by atoms with E-state index in [1.807, 2.05) is 12.1 Å². The van der Waals surface area contributed by atoms with E-state index in [0.29, 0.717) is 22.5 Å². The molecule has 0 atom stereocenters. The summed E-state index contributed by atoms with van der Waals surface area (Å²) in [6, 6.07) is 7.18. The summed E-state index contributed by atoms with van der Waals surface area (Å²) in [6.45, 7) is 0. The standard InChI is InChI=1S/C10H9ClN4OS/c11-5-9(12)14-7-2-1-3-8(4-7)16-10-15-13-6-17-10/h1-4,6H,5H2,(H2,12,14). The smallest absolute Gasteiger partial charge is 0.299 e. The molecule has 0 spiro atoms. The van der Waals surface area contributed by atoms with Crippen molar-refractivity contribution >= 4 is 34.5 Å². The van der Waals surface area contributed by atoms with Crippen LogP contribution in [0.3, 0.4) is 0 Å². The van der Waals surface area contributed by atoms with Gasteiger partial charge in [0, 0.05) is 6.07 Å². The Bertz CT molecular complexity index is 515. The molecule has 2 rings (SSSR count). The average molecular weight is 269 g/mol. The van der Waals surface area contributed by atoms with Crippen molar-refractivity contribution in [1.82, 2.24) is 10.2 Å². The molecule has 0 fully saturated rings. The van der Waals surface area contributed by atoms with Crippen molar-refractivity contribution < 1.29 is 4.74 Å². The van der Waals surface area contributed by atoms with Crippen LogP contribution in [-0.2, 0) is 0 Å². The quantitative estimate of drug-likeness (QED) is 0.525. The molecule has 2 N–H and O–H groups in total. The minimum atomic E-state index is 0.196. The number of nitrogens with two attached hydrogens (primary N) is 1. The van der Waals surface area contributed by atoms with Gasteiger partial charge in [-0.3, -0.25) is 0 Å². The Kier molecular flexibility index (Phi) is 3.89. The Hall–Kier alpha value is -1.66. The van der Waals surface area contributed by atoms with Gasteiger partial charge in [0.05, 0.1) is 11.6 Å². The van der Waals surface area contributed by atoms with Crippen LogP contribution in [0.15, 0.2) is 34.8 Å². The van der Waals surface area contributed by atoms with E-state index in [-0.39, 0.29) is 5.88 Å². The first-order valence-electron chi connectivity index (χ1n) is 4.71. The van der Waals surface area contributed by atoms with Gasteiger partial charge in [0.25, 0.3) is 5.19 Å². The van der Waals surface area contributed by atoms with Crippen molar-refractivity contribution in [1.29, 1.82) is 0 Å². The van der Waals surface area contributed by atoms with Crippen LogP contribution in [0.25, 0.3) is 0 Å². The van der Waals surface area contributed by atoms with Crippen LogP contribution in [0.1, 0.15) is 0 Å². The summed E-state index contributed by atoms with van der Waals surface area (Å²) >= 11 is 6.87. The zero-order valence-corrected chi connectivity index (χ0v) is 10.3. The molecule has 0 bridgehead atoms. The van der Waals surface area contributed by atoms with Crippen molar-refractivity contribution in [2.75, 3.05) is 5.88 Å². The highest BCUT2D eigenvalue weighted by atomic mass is 35.5. The van der Waals surface area contributed by atoms with Gasteiger partial charge in [-0.25, -0.2) is 4.99 Å². The zero-order chi connectivity index (χ0) is 12.1. The number of nitrogens with zero attached hydrogens (tertiary/aromatic N) is 3. The number of benzene rings is 1. The minimum Gasteiger partial charge on any atom is -0.430 e. The maximum Gasteiger partial charge on any atom is 0.299 e. The molecule has 1 aromatic carbocycles. The lowest BCUT2D eigenvalue weighted by Gasteiger charge is -2.02. The van der Waals surface area contributed by atoms with E-state index >= 15 is 0 Å². The Labute approximate surface area is 107 Å². The number of aliphatic imine (C=N–C) groups is 1. The maximum absolute atomic E-state index is 5.55. The highest BCUT2D eigenvalue weighted by molar-refractivity contribution is 7.11. The topological polar surface area (TPSA) is 73.4 Å². The SMILES string of the molecule is NC(CCl)=Nc1cccc(Oc2nncs2)c1. The van der Waals surface area contributed by atoms with Gasteiger partial charge >= 0.3 is 0 Å².